The minimum absolute atomic E-state index is 0.231. The molecule has 7 nitrogen and oxygen atoms in total. The van der Waals surface area contributed by atoms with Gasteiger partial charge in [-0.05, 0) is 62.6 Å². The maximum Gasteiger partial charge on any atom is 0.265 e. The van der Waals surface area contributed by atoms with Gasteiger partial charge in [0.25, 0.3) is 10.0 Å². The number of sulfonamides is 1. The first-order chi connectivity index (χ1) is 14.2. The molecule has 0 fully saturated rings. The highest BCUT2D eigenvalue weighted by Crippen LogP contribution is 2.22. The van der Waals surface area contributed by atoms with Gasteiger partial charge in [0.1, 0.15) is 10.7 Å². The van der Waals surface area contributed by atoms with Gasteiger partial charge in [-0.25, -0.2) is 13.4 Å². The third-order valence-corrected chi connectivity index (χ3v) is 6.89. The van der Waals surface area contributed by atoms with Gasteiger partial charge in [0.15, 0.2) is 0 Å². The number of fused-ring (bicyclic) bond motifs is 1. The van der Waals surface area contributed by atoms with E-state index in [2.05, 4.69) is 38.8 Å². The summed E-state index contributed by atoms with van der Waals surface area (Å²) in [4.78, 5) is 8.23. The van der Waals surface area contributed by atoms with Gasteiger partial charge in [-0.3, -0.25) is 9.40 Å². The van der Waals surface area contributed by atoms with Crippen molar-refractivity contribution in [3.63, 3.8) is 0 Å². The number of aromatic amines is 1. The zero-order chi connectivity index (χ0) is 21.5. The molecule has 0 saturated heterocycles. The van der Waals surface area contributed by atoms with Gasteiger partial charge in [0, 0.05) is 19.2 Å². The number of aryl methyl sites for hydroxylation is 5. The number of benzene rings is 2. The molecule has 0 saturated carbocycles. The number of anilines is 1. The molecule has 0 radical (unpaired) electrons. The Morgan fingerprint density at radius 2 is 1.77 bits per heavy atom. The molecule has 2 aromatic heterocycles. The van der Waals surface area contributed by atoms with Crippen LogP contribution in [0.3, 0.4) is 0 Å². The number of H-pyrrole nitrogens is 1. The van der Waals surface area contributed by atoms with E-state index in [0.717, 1.165) is 35.3 Å². The van der Waals surface area contributed by atoms with Crippen LogP contribution in [0.2, 0.25) is 0 Å². The predicted octanol–water partition coefficient (Wildman–Crippen LogP) is 3.81. The normalized spacial score (nSPS) is 11.9. The zero-order valence-electron chi connectivity index (χ0n) is 17.5. The average Bonchev–Trinajstić information content (AvgIpc) is 3.20. The van der Waals surface area contributed by atoms with Crippen LogP contribution >= 0.6 is 0 Å². The lowest BCUT2D eigenvalue weighted by atomic mass is 10.1. The number of nitrogens with one attached hydrogen (secondary N) is 2. The maximum absolute atomic E-state index is 12.8. The quantitative estimate of drug-likeness (QED) is 0.493. The van der Waals surface area contributed by atoms with E-state index in [1.54, 1.807) is 37.7 Å². The van der Waals surface area contributed by atoms with Crippen LogP contribution in [-0.4, -0.2) is 28.2 Å². The fourth-order valence-electron chi connectivity index (χ4n) is 3.65. The molecule has 0 aliphatic heterocycles. The highest BCUT2D eigenvalue weighted by molar-refractivity contribution is 7.92. The molecule has 0 unspecified atom stereocenters. The highest BCUT2D eigenvalue weighted by Gasteiger charge is 2.23. The zero-order valence-corrected chi connectivity index (χ0v) is 18.3. The minimum Gasteiger partial charge on any atom is -0.342 e. The Morgan fingerprint density at radius 1 is 1.03 bits per heavy atom. The summed E-state index contributed by atoms with van der Waals surface area (Å²) in [5.41, 5.74) is 5.96. The molecule has 2 aromatic carbocycles. The Labute approximate surface area is 176 Å². The predicted molar refractivity (Wildman–Crippen MR) is 118 cm³/mol. The smallest absolute Gasteiger partial charge is 0.265 e. The third-order valence-electron chi connectivity index (χ3n) is 5.25. The summed E-state index contributed by atoms with van der Waals surface area (Å²) in [7, 11) is -1.95. The summed E-state index contributed by atoms with van der Waals surface area (Å²) in [5, 5.41) is 4.19. The fraction of sp³-hybridized carbons (Fsp3) is 0.273. The van der Waals surface area contributed by atoms with Gasteiger partial charge in [-0.15, -0.1) is 0 Å². The molecular formula is C22H25N5O2S. The van der Waals surface area contributed by atoms with Gasteiger partial charge >= 0.3 is 0 Å². The Hall–Kier alpha value is -3.13. The summed E-state index contributed by atoms with van der Waals surface area (Å²) in [6, 6.07) is 13.6. The number of nitrogens with zero attached hydrogens (tertiary/aromatic N) is 3. The molecule has 2 N–H and O–H groups in total. The second-order valence-corrected chi connectivity index (χ2v) is 9.25. The van der Waals surface area contributed by atoms with Crippen molar-refractivity contribution in [1.29, 1.82) is 0 Å². The average molecular weight is 424 g/mol. The second-order valence-electron chi connectivity index (χ2n) is 7.63. The second kappa shape index (κ2) is 7.60. The van der Waals surface area contributed by atoms with Crippen LogP contribution in [0.5, 0.6) is 0 Å². The molecule has 0 spiro atoms. The van der Waals surface area contributed by atoms with Crippen LogP contribution in [0.4, 0.5) is 5.69 Å². The van der Waals surface area contributed by atoms with E-state index in [1.807, 2.05) is 18.2 Å². The van der Waals surface area contributed by atoms with E-state index >= 15 is 0 Å². The molecule has 8 heteroatoms. The molecule has 0 bridgehead atoms. The van der Waals surface area contributed by atoms with Crippen molar-refractivity contribution < 1.29 is 8.42 Å². The van der Waals surface area contributed by atoms with E-state index in [0.29, 0.717) is 17.1 Å². The van der Waals surface area contributed by atoms with Crippen molar-refractivity contribution in [2.24, 2.45) is 7.05 Å². The third kappa shape index (κ3) is 3.95. The maximum atomic E-state index is 12.8. The molecule has 2 heterocycles. The number of rotatable bonds is 6. The highest BCUT2D eigenvalue weighted by atomic mass is 32.2. The summed E-state index contributed by atoms with van der Waals surface area (Å²) < 4.78 is 29.8. The minimum atomic E-state index is -3.69. The summed E-state index contributed by atoms with van der Waals surface area (Å²) >= 11 is 0. The molecule has 30 heavy (non-hydrogen) atoms. The van der Waals surface area contributed by atoms with Gasteiger partial charge in [-0.2, -0.15) is 5.10 Å². The molecule has 4 rings (SSSR count). The van der Waals surface area contributed by atoms with E-state index in [4.69, 9.17) is 0 Å². The van der Waals surface area contributed by atoms with Crippen LogP contribution in [0.1, 0.15) is 28.3 Å². The molecule has 0 aliphatic rings. The number of aromatic nitrogens is 4. The first kappa shape index (κ1) is 20.2. The van der Waals surface area contributed by atoms with Crippen molar-refractivity contribution in [1.82, 2.24) is 19.7 Å². The Kier molecular flexibility index (Phi) is 5.11. The molecule has 156 valence electrons. The topological polar surface area (TPSA) is 92.7 Å². The molecule has 0 aliphatic carbocycles. The first-order valence-corrected chi connectivity index (χ1v) is 11.3. The largest absolute Gasteiger partial charge is 0.342 e. The molecule has 0 amide bonds. The van der Waals surface area contributed by atoms with Gasteiger partial charge < -0.3 is 4.98 Å². The van der Waals surface area contributed by atoms with E-state index in [1.165, 1.54) is 5.56 Å². The Bertz CT molecular complexity index is 1320. The van der Waals surface area contributed by atoms with Crippen molar-refractivity contribution >= 4 is 26.7 Å². The van der Waals surface area contributed by atoms with E-state index in [9.17, 15) is 8.42 Å². The van der Waals surface area contributed by atoms with Crippen LogP contribution in [0, 0.1) is 20.8 Å². The van der Waals surface area contributed by atoms with Gasteiger partial charge in [0.05, 0.1) is 22.4 Å². The molecular weight excluding hydrogens is 398 g/mol. The van der Waals surface area contributed by atoms with Crippen LogP contribution < -0.4 is 4.72 Å². The fourth-order valence-corrected chi connectivity index (χ4v) is 5.15. The van der Waals surface area contributed by atoms with Gasteiger partial charge in [-0.1, -0.05) is 18.2 Å². The molecule has 4 aromatic rings. The summed E-state index contributed by atoms with van der Waals surface area (Å²) in [6.07, 6.45) is 1.60. The Balaban J connectivity index is 1.44. The van der Waals surface area contributed by atoms with Gasteiger partial charge in [0.2, 0.25) is 0 Å². The lowest BCUT2D eigenvalue weighted by Crippen LogP contribution is -2.15. The lowest BCUT2D eigenvalue weighted by molar-refractivity contribution is 0.599. The van der Waals surface area contributed by atoms with Crippen molar-refractivity contribution in [2.45, 2.75) is 38.5 Å². The number of imidazole rings is 1. The number of hydrogen-bond donors (Lipinski definition) is 2. The standard InChI is InChI=1S/C22H25N5O2S/c1-14-5-11-19-20(13-14)24-21(23-19)12-8-17-6-9-18(10-7-17)26-30(28,29)22-15(2)25-27(4)16(22)3/h5-7,9-11,13,26H,8,12H2,1-4H3,(H,23,24). The van der Waals surface area contributed by atoms with Crippen LogP contribution in [0.25, 0.3) is 11.0 Å². The van der Waals surface area contributed by atoms with E-state index < -0.39 is 10.0 Å². The number of hydrogen-bond acceptors (Lipinski definition) is 4. The van der Waals surface area contributed by atoms with Crippen LogP contribution in [0.15, 0.2) is 47.4 Å². The SMILES string of the molecule is Cc1ccc2nc(CCc3ccc(NS(=O)(=O)c4c(C)nn(C)c4C)cc3)[nH]c2c1. The summed E-state index contributed by atoms with van der Waals surface area (Å²) in [5.74, 6) is 0.947. The van der Waals surface area contributed by atoms with Crippen molar-refractivity contribution in [3.8, 4) is 0 Å². The Morgan fingerprint density at radius 3 is 2.43 bits per heavy atom. The van der Waals surface area contributed by atoms with Crippen LogP contribution in [-0.2, 0) is 29.9 Å². The lowest BCUT2D eigenvalue weighted by Gasteiger charge is -2.09. The van der Waals surface area contributed by atoms with E-state index in [-0.39, 0.29) is 4.90 Å². The molecule has 0 atom stereocenters. The summed E-state index contributed by atoms with van der Waals surface area (Å²) in [6.45, 7) is 5.51. The van der Waals surface area contributed by atoms with Crippen molar-refractivity contribution in [2.75, 3.05) is 4.72 Å². The van der Waals surface area contributed by atoms with Crippen molar-refractivity contribution in [3.05, 3.63) is 70.8 Å². The monoisotopic (exact) mass is 423 g/mol. The first-order valence-electron chi connectivity index (χ1n) is 9.80.